The summed E-state index contributed by atoms with van der Waals surface area (Å²) in [4.78, 5) is 0. The zero-order valence-corrected chi connectivity index (χ0v) is 14.0. The van der Waals surface area contributed by atoms with Gasteiger partial charge >= 0.3 is 0 Å². The number of fused-ring (bicyclic) bond motifs is 3. The second-order valence-corrected chi connectivity index (χ2v) is 6.39. The van der Waals surface area contributed by atoms with Crippen molar-refractivity contribution in [3.8, 4) is 16.9 Å². The lowest BCUT2D eigenvalue weighted by Crippen LogP contribution is -2.05. The molecule has 2 heteroatoms. The molecule has 0 fully saturated rings. The van der Waals surface area contributed by atoms with Crippen molar-refractivity contribution in [2.45, 2.75) is 19.3 Å². The van der Waals surface area contributed by atoms with Gasteiger partial charge in [0.2, 0.25) is 0 Å². The van der Waals surface area contributed by atoms with E-state index in [1.807, 2.05) is 18.2 Å². The second kappa shape index (κ2) is 5.72. The van der Waals surface area contributed by atoms with E-state index >= 15 is 0 Å². The van der Waals surface area contributed by atoms with Crippen LogP contribution in [0.4, 0.5) is 5.69 Å². The van der Waals surface area contributed by atoms with Crippen molar-refractivity contribution in [1.29, 1.82) is 0 Å². The maximum atomic E-state index is 6.60. The lowest BCUT2D eigenvalue weighted by Gasteiger charge is -2.19. The van der Waals surface area contributed by atoms with Crippen LogP contribution in [-0.4, -0.2) is 7.11 Å². The van der Waals surface area contributed by atoms with Crippen molar-refractivity contribution in [3.63, 3.8) is 0 Å². The number of anilines is 1. The third kappa shape index (κ3) is 2.18. The van der Waals surface area contributed by atoms with E-state index in [1.54, 1.807) is 7.11 Å². The Morgan fingerprint density at radius 2 is 1.62 bits per heavy atom. The van der Waals surface area contributed by atoms with Crippen LogP contribution in [0.1, 0.15) is 35.1 Å². The van der Waals surface area contributed by atoms with Crippen LogP contribution in [0.5, 0.6) is 5.75 Å². The van der Waals surface area contributed by atoms with Gasteiger partial charge in [0.15, 0.2) is 0 Å². The van der Waals surface area contributed by atoms with Crippen LogP contribution in [0.15, 0.2) is 60.7 Å². The van der Waals surface area contributed by atoms with Crippen molar-refractivity contribution < 1.29 is 4.74 Å². The fourth-order valence-corrected chi connectivity index (χ4v) is 3.82. The zero-order chi connectivity index (χ0) is 16.7. The molecule has 2 N–H and O–H groups in total. The number of rotatable bonds is 3. The Morgan fingerprint density at radius 3 is 2.46 bits per heavy atom. The lowest BCUT2D eigenvalue weighted by atomic mass is 9.88. The molecule has 2 nitrogen and oxygen atoms in total. The van der Waals surface area contributed by atoms with Crippen LogP contribution >= 0.6 is 0 Å². The van der Waals surface area contributed by atoms with Gasteiger partial charge in [-0.05, 0) is 33.9 Å². The molecule has 3 aromatic carbocycles. The van der Waals surface area contributed by atoms with Crippen molar-refractivity contribution >= 4 is 5.69 Å². The Morgan fingerprint density at radius 1 is 0.875 bits per heavy atom. The summed E-state index contributed by atoms with van der Waals surface area (Å²) >= 11 is 0. The smallest absolute Gasteiger partial charge is 0.122 e. The van der Waals surface area contributed by atoms with E-state index in [1.165, 1.54) is 33.4 Å². The van der Waals surface area contributed by atoms with E-state index in [9.17, 15) is 0 Å². The molecule has 0 saturated carbocycles. The van der Waals surface area contributed by atoms with E-state index in [4.69, 9.17) is 10.5 Å². The molecule has 120 valence electrons. The van der Waals surface area contributed by atoms with Gasteiger partial charge in [-0.2, -0.15) is 0 Å². The maximum absolute atomic E-state index is 6.60. The number of methoxy groups -OCH3 is 1. The van der Waals surface area contributed by atoms with E-state index in [2.05, 4.69) is 49.4 Å². The topological polar surface area (TPSA) is 35.2 Å². The van der Waals surface area contributed by atoms with Gasteiger partial charge in [0, 0.05) is 23.6 Å². The quantitative estimate of drug-likeness (QED) is 0.540. The first kappa shape index (κ1) is 14.8. The number of hydrogen-bond donors (Lipinski definition) is 1. The number of nitrogen functional groups attached to an aromatic ring is 1. The molecule has 0 saturated heterocycles. The van der Waals surface area contributed by atoms with E-state index < -0.39 is 0 Å². The zero-order valence-electron chi connectivity index (χ0n) is 14.0. The standard InChI is InChI=1S/C22H21NO/c1-14(16-8-5-6-10-21(16)24-2)17-11-12-19-18-9-4-3-7-15(18)13-20(19)22(17)23/h3-12,14H,13,23H2,1-2H3/t14-/m1/s1. The highest BCUT2D eigenvalue weighted by atomic mass is 16.5. The highest BCUT2D eigenvalue weighted by Crippen LogP contribution is 2.43. The van der Waals surface area contributed by atoms with Crippen molar-refractivity contribution in [2.24, 2.45) is 0 Å². The summed E-state index contributed by atoms with van der Waals surface area (Å²) in [6.07, 6.45) is 0.920. The predicted octanol–water partition coefficient (Wildman–Crippen LogP) is 5.00. The third-order valence-corrected chi connectivity index (χ3v) is 5.14. The molecular weight excluding hydrogens is 294 g/mol. The van der Waals surface area contributed by atoms with Gasteiger partial charge in [-0.15, -0.1) is 0 Å². The van der Waals surface area contributed by atoms with E-state index in [0.717, 1.165) is 17.9 Å². The molecule has 0 amide bonds. The van der Waals surface area contributed by atoms with Gasteiger partial charge in [0.1, 0.15) is 5.75 Å². The molecule has 1 aliphatic carbocycles. The molecule has 0 heterocycles. The Kier molecular flexibility index (Phi) is 3.53. The molecule has 0 radical (unpaired) electrons. The average Bonchev–Trinajstić information content (AvgIpc) is 3.01. The summed E-state index contributed by atoms with van der Waals surface area (Å²) in [5.41, 5.74) is 15.1. The Bertz CT molecular complexity index is 914. The second-order valence-electron chi connectivity index (χ2n) is 6.39. The molecule has 0 aliphatic heterocycles. The van der Waals surface area contributed by atoms with Crippen molar-refractivity contribution in [3.05, 3.63) is 82.9 Å². The summed E-state index contributed by atoms with van der Waals surface area (Å²) in [5.74, 6) is 1.10. The summed E-state index contributed by atoms with van der Waals surface area (Å²) in [7, 11) is 1.72. The van der Waals surface area contributed by atoms with Crippen LogP contribution in [0.3, 0.4) is 0 Å². The van der Waals surface area contributed by atoms with Crippen LogP contribution in [0, 0.1) is 0 Å². The summed E-state index contributed by atoms with van der Waals surface area (Å²) < 4.78 is 5.53. The Balaban J connectivity index is 1.80. The fourth-order valence-electron chi connectivity index (χ4n) is 3.82. The monoisotopic (exact) mass is 315 g/mol. The molecule has 3 aromatic rings. The number of nitrogens with two attached hydrogens (primary N) is 1. The molecule has 0 spiro atoms. The molecule has 0 bridgehead atoms. The number of hydrogen-bond acceptors (Lipinski definition) is 2. The van der Waals surface area contributed by atoms with Crippen LogP contribution in [-0.2, 0) is 6.42 Å². The van der Waals surface area contributed by atoms with Gasteiger partial charge < -0.3 is 10.5 Å². The minimum Gasteiger partial charge on any atom is -0.496 e. The molecular formula is C22H21NO. The number of ether oxygens (including phenoxy) is 1. The average molecular weight is 315 g/mol. The highest BCUT2D eigenvalue weighted by Gasteiger charge is 2.24. The first-order valence-corrected chi connectivity index (χ1v) is 8.33. The highest BCUT2D eigenvalue weighted by molar-refractivity contribution is 5.83. The van der Waals surface area contributed by atoms with Crippen LogP contribution in [0.2, 0.25) is 0 Å². The molecule has 1 aliphatic rings. The largest absolute Gasteiger partial charge is 0.496 e. The van der Waals surface area contributed by atoms with Crippen molar-refractivity contribution in [2.75, 3.05) is 12.8 Å². The lowest BCUT2D eigenvalue weighted by molar-refractivity contribution is 0.408. The third-order valence-electron chi connectivity index (χ3n) is 5.14. The van der Waals surface area contributed by atoms with Crippen molar-refractivity contribution in [1.82, 2.24) is 0 Å². The normalized spacial score (nSPS) is 13.2. The Hall–Kier alpha value is -2.74. The molecule has 24 heavy (non-hydrogen) atoms. The van der Waals surface area contributed by atoms with Gasteiger partial charge in [-0.25, -0.2) is 0 Å². The first-order valence-electron chi connectivity index (χ1n) is 8.33. The summed E-state index contributed by atoms with van der Waals surface area (Å²) in [6.45, 7) is 2.19. The van der Waals surface area contributed by atoms with Gasteiger partial charge in [0.05, 0.1) is 7.11 Å². The molecule has 1 atom stereocenters. The minimum absolute atomic E-state index is 0.190. The Labute approximate surface area is 142 Å². The van der Waals surface area contributed by atoms with E-state index in [0.29, 0.717) is 0 Å². The first-order chi connectivity index (χ1) is 11.7. The summed E-state index contributed by atoms with van der Waals surface area (Å²) in [5, 5.41) is 0. The van der Waals surface area contributed by atoms with Crippen LogP contribution in [0.25, 0.3) is 11.1 Å². The predicted molar refractivity (Wildman–Crippen MR) is 99.6 cm³/mol. The molecule has 4 rings (SSSR count). The van der Waals surface area contributed by atoms with Gasteiger partial charge in [-0.1, -0.05) is 61.5 Å². The number of benzene rings is 3. The van der Waals surface area contributed by atoms with E-state index in [-0.39, 0.29) is 5.92 Å². The number of para-hydroxylation sites is 1. The van der Waals surface area contributed by atoms with Gasteiger partial charge in [-0.3, -0.25) is 0 Å². The SMILES string of the molecule is COc1ccccc1[C@@H](C)c1ccc2c(c1N)Cc1ccccc1-2. The maximum Gasteiger partial charge on any atom is 0.122 e. The molecule has 0 unspecified atom stereocenters. The van der Waals surface area contributed by atoms with Crippen LogP contribution < -0.4 is 10.5 Å². The molecule has 0 aromatic heterocycles. The fraction of sp³-hybridized carbons (Fsp3) is 0.182. The summed E-state index contributed by atoms with van der Waals surface area (Å²) in [6, 6.07) is 21.1. The minimum atomic E-state index is 0.190. The van der Waals surface area contributed by atoms with Gasteiger partial charge in [0.25, 0.3) is 0 Å².